The van der Waals surface area contributed by atoms with E-state index in [1.165, 1.54) is 7.11 Å². The van der Waals surface area contributed by atoms with Crippen LogP contribution in [0.25, 0.3) is 0 Å². The molecule has 0 saturated carbocycles. The van der Waals surface area contributed by atoms with Crippen molar-refractivity contribution in [3.63, 3.8) is 0 Å². The molecule has 0 heterocycles. The Morgan fingerprint density at radius 1 is 1.86 bits per heavy atom. The van der Waals surface area contributed by atoms with Gasteiger partial charge in [0.2, 0.25) is 5.85 Å². The van der Waals surface area contributed by atoms with Crippen molar-refractivity contribution in [3.8, 4) is 0 Å². The van der Waals surface area contributed by atoms with Crippen LogP contribution in [-0.2, 0) is 4.74 Å². The topological polar surface area (TPSA) is 47.6 Å². The number of rotatable bonds is 2. The maximum Gasteiger partial charge on any atom is 0.208 e. The van der Waals surface area contributed by atoms with Gasteiger partial charge < -0.3 is 4.74 Å². The summed E-state index contributed by atoms with van der Waals surface area (Å²) in [6.07, 6.45) is 0. The summed E-state index contributed by atoms with van der Waals surface area (Å²) < 4.78 is 4.64. The molecule has 0 aromatic rings. The van der Waals surface area contributed by atoms with Crippen molar-refractivity contribution in [3.05, 3.63) is 0 Å². The summed E-state index contributed by atoms with van der Waals surface area (Å²) in [5.74, 6) is -0.903. The minimum absolute atomic E-state index is 0.903. The second kappa shape index (κ2) is 2.04. The third-order valence-corrected chi connectivity index (χ3v) is 0.727. The molecule has 1 atom stereocenters. The Bertz CT molecular complexity index is 70.1. The summed E-state index contributed by atoms with van der Waals surface area (Å²) in [4.78, 5) is 3.44. The van der Waals surface area contributed by atoms with Crippen molar-refractivity contribution >= 4 is 6.72 Å². The average Bonchev–Trinajstić information content (AvgIpc) is 1.68. The molecule has 0 radical (unpaired) electrons. The van der Waals surface area contributed by atoms with Crippen LogP contribution in [0.5, 0.6) is 0 Å². The molecule has 0 fully saturated rings. The third-order valence-electron chi connectivity index (χ3n) is 0.727. The lowest BCUT2D eigenvalue weighted by atomic mass is 10.5. The summed E-state index contributed by atoms with van der Waals surface area (Å²) in [5, 5.41) is 0. The van der Waals surface area contributed by atoms with Gasteiger partial charge in [-0.25, -0.2) is 0 Å². The van der Waals surface area contributed by atoms with E-state index in [4.69, 9.17) is 5.73 Å². The number of nitrogens with zero attached hydrogens (tertiary/aromatic N) is 1. The minimum Gasteiger partial charge on any atom is -0.345 e. The minimum atomic E-state index is -0.903. The van der Waals surface area contributed by atoms with E-state index in [-0.39, 0.29) is 0 Å². The van der Waals surface area contributed by atoms with Crippen molar-refractivity contribution in [1.29, 1.82) is 0 Å². The van der Waals surface area contributed by atoms with E-state index in [1.807, 2.05) is 0 Å². The highest BCUT2D eigenvalue weighted by Gasteiger charge is 2.10. The van der Waals surface area contributed by atoms with Crippen LogP contribution in [0.4, 0.5) is 0 Å². The second-order valence-corrected chi connectivity index (χ2v) is 1.42. The van der Waals surface area contributed by atoms with Crippen molar-refractivity contribution in [1.82, 2.24) is 0 Å². The highest BCUT2D eigenvalue weighted by atomic mass is 16.5. The number of methoxy groups -OCH3 is 1. The summed E-state index contributed by atoms with van der Waals surface area (Å²) in [6.45, 7) is 4.83. The van der Waals surface area contributed by atoms with Gasteiger partial charge in [-0.3, -0.25) is 10.7 Å². The zero-order chi connectivity index (χ0) is 5.91. The Hall–Kier alpha value is -0.410. The zero-order valence-corrected chi connectivity index (χ0v) is 4.64. The SMILES string of the molecule is C=NC(C)(N)OC. The van der Waals surface area contributed by atoms with E-state index in [0.29, 0.717) is 0 Å². The van der Waals surface area contributed by atoms with Crippen LogP contribution in [0.1, 0.15) is 6.92 Å². The van der Waals surface area contributed by atoms with E-state index in [0.717, 1.165) is 0 Å². The van der Waals surface area contributed by atoms with E-state index < -0.39 is 5.85 Å². The van der Waals surface area contributed by atoms with Gasteiger partial charge in [0.1, 0.15) is 0 Å². The molecule has 0 aliphatic rings. The molecule has 0 aliphatic carbocycles. The van der Waals surface area contributed by atoms with Gasteiger partial charge in [-0.05, 0) is 13.6 Å². The van der Waals surface area contributed by atoms with Gasteiger partial charge in [-0.2, -0.15) is 0 Å². The molecule has 3 heteroatoms. The Morgan fingerprint density at radius 3 is 2.29 bits per heavy atom. The third kappa shape index (κ3) is 2.31. The molecule has 1 unspecified atom stereocenters. The number of ether oxygens (including phenoxy) is 1. The molecule has 0 spiro atoms. The van der Waals surface area contributed by atoms with Crippen molar-refractivity contribution in [2.45, 2.75) is 12.8 Å². The fraction of sp³-hybridized carbons (Fsp3) is 0.750. The average molecular weight is 102 g/mol. The molecule has 0 amide bonds. The number of aliphatic imine (C=N–C) groups is 1. The van der Waals surface area contributed by atoms with Crippen LogP contribution in [0.2, 0.25) is 0 Å². The second-order valence-electron chi connectivity index (χ2n) is 1.42. The summed E-state index contributed by atoms with van der Waals surface area (Å²) in [6, 6.07) is 0. The first kappa shape index (κ1) is 6.59. The van der Waals surface area contributed by atoms with Gasteiger partial charge in [0.15, 0.2) is 0 Å². The Balaban J connectivity index is 3.58. The maximum absolute atomic E-state index is 5.26. The van der Waals surface area contributed by atoms with E-state index in [2.05, 4.69) is 16.4 Å². The molecule has 0 aromatic heterocycles. The first-order chi connectivity index (χ1) is 3.12. The van der Waals surface area contributed by atoms with Crippen LogP contribution in [0.3, 0.4) is 0 Å². The molecular formula is C4H10N2O. The van der Waals surface area contributed by atoms with Gasteiger partial charge in [-0.15, -0.1) is 0 Å². The smallest absolute Gasteiger partial charge is 0.208 e. The number of nitrogens with two attached hydrogens (primary N) is 1. The molecule has 0 saturated heterocycles. The van der Waals surface area contributed by atoms with E-state index >= 15 is 0 Å². The maximum atomic E-state index is 5.26. The van der Waals surface area contributed by atoms with E-state index in [9.17, 15) is 0 Å². The van der Waals surface area contributed by atoms with Gasteiger partial charge in [0.25, 0.3) is 0 Å². The van der Waals surface area contributed by atoms with Crippen LogP contribution in [-0.4, -0.2) is 19.7 Å². The van der Waals surface area contributed by atoms with Crippen molar-refractivity contribution in [2.24, 2.45) is 10.7 Å². The van der Waals surface area contributed by atoms with Crippen molar-refractivity contribution in [2.75, 3.05) is 7.11 Å². The van der Waals surface area contributed by atoms with Crippen LogP contribution >= 0.6 is 0 Å². The molecule has 3 nitrogen and oxygen atoms in total. The van der Waals surface area contributed by atoms with Gasteiger partial charge in [-0.1, -0.05) is 0 Å². The lowest BCUT2D eigenvalue weighted by Crippen LogP contribution is -2.35. The molecule has 2 N–H and O–H groups in total. The Kier molecular flexibility index (Phi) is 1.92. The largest absolute Gasteiger partial charge is 0.345 e. The quantitative estimate of drug-likeness (QED) is 0.393. The Morgan fingerprint density at radius 2 is 2.29 bits per heavy atom. The predicted octanol–water partition coefficient (Wildman–Crippen LogP) is -0.0342. The summed E-state index contributed by atoms with van der Waals surface area (Å²) >= 11 is 0. The number of hydrogen-bond acceptors (Lipinski definition) is 3. The van der Waals surface area contributed by atoms with Gasteiger partial charge >= 0.3 is 0 Å². The summed E-state index contributed by atoms with van der Waals surface area (Å²) in [5.41, 5.74) is 5.26. The van der Waals surface area contributed by atoms with E-state index in [1.54, 1.807) is 6.92 Å². The van der Waals surface area contributed by atoms with Crippen molar-refractivity contribution < 1.29 is 4.74 Å². The monoisotopic (exact) mass is 102 g/mol. The van der Waals surface area contributed by atoms with Crippen LogP contribution < -0.4 is 5.73 Å². The zero-order valence-electron chi connectivity index (χ0n) is 4.64. The first-order valence-electron chi connectivity index (χ1n) is 1.94. The molecule has 7 heavy (non-hydrogen) atoms. The molecular weight excluding hydrogens is 92.1 g/mol. The lowest BCUT2D eigenvalue weighted by Gasteiger charge is -2.14. The molecule has 0 aliphatic heterocycles. The highest BCUT2D eigenvalue weighted by Crippen LogP contribution is 1.96. The normalized spacial score (nSPS) is 18.1. The van der Waals surface area contributed by atoms with Crippen LogP contribution in [0.15, 0.2) is 4.99 Å². The van der Waals surface area contributed by atoms with Gasteiger partial charge in [0, 0.05) is 7.11 Å². The highest BCUT2D eigenvalue weighted by molar-refractivity contribution is 5.24. The Labute approximate surface area is 43.2 Å². The molecule has 0 aromatic carbocycles. The fourth-order valence-corrected chi connectivity index (χ4v) is 0.0645. The molecule has 42 valence electrons. The standard InChI is InChI=1S/C4H10N2O/c1-4(5,6-2)7-3/h2,5H2,1,3H3. The van der Waals surface area contributed by atoms with Gasteiger partial charge in [0.05, 0.1) is 0 Å². The predicted molar refractivity (Wildman–Crippen MR) is 29.2 cm³/mol. The molecule has 0 bridgehead atoms. The van der Waals surface area contributed by atoms with Crippen LogP contribution in [0, 0.1) is 0 Å². The number of hydrogen-bond donors (Lipinski definition) is 1. The molecule has 0 rings (SSSR count). The summed E-state index contributed by atoms with van der Waals surface area (Å²) in [7, 11) is 1.48. The fourth-order valence-electron chi connectivity index (χ4n) is 0.0645. The first-order valence-corrected chi connectivity index (χ1v) is 1.94. The lowest BCUT2D eigenvalue weighted by molar-refractivity contribution is 0.0207.